The minimum Gasteiger partial charge on any atom is -0.487 e. The van der Waals surface area contributed by atoms with E-state index in [0.717, 1.165) is 24.8 Å². The van der Waals surface area contributed by atoms with Crippen LogP contribution in [0.15, 0.2) is 51.2 Å². The zero-order valence-electron chi connectivity index (χ0n) is 14.8. The number of nitrogens with zero attached hydrogens (tertiary/aromatic N) is 4. The molecule has 7 nitrogen and oxygen atoms in total. The average molecular weight is 382 g/mol. The molecule has 0 bridgehead atoms. The first-order valence-electron chi connectivity index (χ1n) is 8.74. The zero-order valence-corrected chi connectivity index (χ0v) is 15.6. The summed E-state index contributed by atoms with van der Waals surface area (Å²) in [6.07, 6.45) is 4.63. The molecule has 0 aliphatic rings. The van der Waals surface area contributed by atoms with Crippen LogP contribution in [-0.2, 0) is 13.0 Å². The minimum atomic E-state index is -0.105. The van der Waals surface area contributed by atoms with Crippen molar-refractivity contribution in [2.45, 2.75) is 32.8 Å². The normalized spacial score (nSPS) is 11.1. The van der Waals surface area contributed by atoms with Gasteiger partial charge in [-0.05, 0) is 30.7 Å². The van der Waals surface area contributed by atoms with E-state index in [9.17, 15) is 4.79 Å². The molecule has 27 heavy (non-hydrogen) atoms. The fourth-order valence-electron chi connectivity index (χ4n) is 2.62. The van der Waals surface area contributed by atoms with E-state index in [-0.39, 0.29) is 12.2 Å². The van der Waals surface area contributed by atoms with Gasteiger partial charge in [-0.3, -0.25) is 9.20 Å². The molecule has 0 aliphatic carbocycles. The van der Waals surface area contributed by atoms with E-state index in [1.54, 1.807) is 6.20 Å². The fraction of sp³-hybridized carbons (Fsp3) is 0.263. The molecule has 0 saturated heterocycles. The maximum absolute atomic E-state index is 12.0. The first-order valence-corrected chi connectivity index (χ1v) is 9.62. The first kappa shape index (κ1) is 17.4. The summed E-state index contributed by atoms with van der Waals surface area (Å²) < 4.78 is 12.5. The number of rotatable bonds is 7. The third-order valence-electron chi connectivity index (χ3n) is 4.07. The third-order valence-corrected chi connectivity index (χ3v) is 4.82. The van der Waals surface area contributed by atoms with Gasteiger partial charge in [0.2, 0.25) is 11.7 Å². The van der Waals surface area contributed by atoms with E-state index in [1.165, 1.54) is 21.8 Å². The molecule has 4 rings (SSSR count). The smallest absolute Gasteiger partial charge is 0.258 e. The summed E-state index contributed by atoms with van der Waals surface area (Å²) in [5, 5.41) is 5.86. The van der Waals surface area contributed by atoms with Crippen molar-refractivity contribution in [1.82, 2.24) is 19.5 Å². The molecule has 0 atom stereocenters. The lowest BCUT2D eigenvalue weighted by Crippen LogP contribution is -2.14. The third kappa shape index (κ3) is 3.90. The summed E-state index contributed by atoms with van der Waals surface area (Å²) in [4.78, 5) is 21.5. The number of aryl methyl sites for hydroxylation is 1. The average Bonchev–Trinajstić information content (AvgIpc) is 3.35. The number of hydrogen-bond acceptors (Lipinski definition) is 7. The van der Waals surface area contributed by atoms with E-state index in [1.807, 2.05) is 29.6 Å². The SMILES string of the molecule is CCCCc1nc(-c2ccc(OCc3cc(=O)n4ccsc4n3)cc2)no1. The summed E-state index contributed by atoms with van der Waals surface area (Å²) >= 11 is 1.42. The van der Waals surface area contributed by atoms with Gasteiger partial charge < -0.3 is 9.26 Å². The molecule has 0 spiro atoms. The Morgan fingerprint density at radius 2 is 2.07 bits per heavy atom. The van der Waals surface area contributed by atoms with Gasteiger partial charge in [-0.1, -0.05) is 18.5 Å². The maximum atomic E-state index is 12.0. The second kappa shape index (κ2) is 7.71. The van der Waals surface area contributed by atoms with Crippen LogP contribution in [0, 0.1) is 0 Å². The molecule has 0 radical (unpaired) electrons. The lowest BCUT2D eigenvalue weighted by atomic mass is 10.2. The van der Waals surface area contributed by atoms with Crippen LogP contribution in [0.2, 0.25) is 0 Å². The van der Waals surface area contributed by atoms with Crippen molar-refractivity contribution in [3.8, 4) is 17.1 Å². The van der Waals surface area contributed by atoms with E-state index >= 15 is 0 Å². The van der Waals surface area contributed by atoms with Gasteiger partial charge >= 0.3 is 0 Å². The van der Waals surface area contributed by atoms with Crippen molar-refractivity contribution in [3.63, 3.8) is 0 Å². The minimum absolute atomic E-state index is 0.105. The van der Waals surface area contributed by atoms with Gasteiger partial charge in [-0.25, -0.2) is 4.98 Å². The molecule has 0 aliphatic heterocycles. The van der Waals surface area contributed by atoms with Crippen molar-refractivity contribution in [2.75, 3.05) is 0 Å². The predicted octanol–water partition coefficient (Wildman–Crippen LogP) is 3.73. The summed E-state index contributed by atoms with van der Waals surface area (Å²) in [6, 6.07) is 8.94. The zero-order chi connectivity index (χ0) is 18.6. The van der Waals surface area contributed by atoms with Crippen LogP contribution in [0.5, 0.6) is 5.75 Å². The number of hydrogen-bond donors (Lipinski definition) is 0. The van der Waals surface area contributed by atoms with Crippen LogP contribution < -0.4 is 10.3 Å². The second-order valence-electron chi connectivity index (χ2n) is 6.07. The molecular weight excluding hydrogens is 364 g/mol. The molecule has 3 heterocycles. The Labute approximate surface area is 159 Å². The number of unbranched alkanes of at least 4 members (excludes halogenated alkanes) is 1. The summed E-state index contributed by atoms with van der Waals surface area (Å²) in [7, 11) is 0. The molecule has 0 N–H and O–H groups in total. The second-order valence-corrected chi connectivity index (χ2v) is 6.94. The first-order chi connectivity index (χ1) is 13.2. The van der Waals surface area contributed by atoms with Crippen molar-refractivity contribution >= 4 is 16.3 Å². The molecule has 138 valence electrons. The van der Waals surface area contributed by atoms with Gasteiger partial charge in [0.25, 0.3) is 5.56 Å². The highest BCUT2D eigenvalue weighted by molar-refractivity contribution is 7.15. The van der Waals surface area contributed by atoms with E-state index in [2.05, 4.69) is 22.0 Å². The van der Waals surface area contributed by atoms with E-state index in [0.29, 0.717) is 28.1 Å². The highest BCUT2D eigenvalue weighted by Crippen LogP contribution is 2.21. The molecule has 1 aromatic carbocycles. The molecule has 3 aromatic heterocycles. The highest BCUT2D eigenvalue weighted by Gasteiger charge is 2.09. The Balaban J connectivity index is 1.42. The van der Waals surface area contributed by atoms with Crippen molar-refractivity contribution < 1.29 is 9.26 Å². The molecule has 0 saturated carbocycles. The van der Waals surface area contributed by atoms with Crippen LogP contribution >= 0.6 is 11.3 Å². The standard InChI is InChI=1S/C19H18N4O3S/c1-2-3-4-16-21-18(22-26-16)13-5-7-15(8-6-13)25-12-14-11-17(24)23-9-10-27-19(23)20-14/h5-11H,2-4,12H2,1H3. The Morgan fingerprint density at radius 1 is 1.22 bits per heavy atom. The topological polar surface area (TPSA) is 82.5 Å². The number of aromatic nitrogens is 4. The largest absolute Gasteiger partial charge is 0.487 e. The fourth-order valence-corrected chi connectivity index (χ4v) is 3.36. The number of thiazole rings is 1. The van der Waals surface area contributed by atoms with Gasteiger partial charge in [-0.15, -0.1) is 11.3 Å². The van der Waals surface area contributed by atoms with Gasteiger partial charge in [0.1, 0.15) is 12.4 Å². The number of fused-ring (bicyclic) bond motifs is 1. The van der Waals surface area contributed by atoms with Gasteiger partial charge in [-0.2, -0.15) is 4.98 Å². The van der Waals surface area contributed by atoms with Crippen molar-refractivity contribution in [3.05, 3.63) is 63.8 Å². The molecule has 4 aromatic rings. The number of ether oxygens (including phenoxy) is 1. The molecule has 0 unspecified atom stereocenters. The van der Waals surface area contributed by atoms with Crippen LogP contribution in [-0.4, -0.2) is 19.5 Å². The van der Waals surface area contributed by atoms with Gasteiger partial charge in [0.15, 0.2) is 4.96 Å². The predicted molar refractivity (Wildman–Crippen MR) is 102 cm³/mol. The van der Waals surface area contributed by atoms with Crippen molar-refractivity contribution in [2.24, 2.45) is 0 Å². The quantitative estimate of drug-likeness (QED) is 0.484. The molecule has 0 amide bonds. The maximum Gasteiger partial charge on any atom is 0.258 e. The van der Waals surface area contributed by atoms with Gasteiger partial charge in [0, 0.05) is 29.6 Å². The van der Waals surface area contributed by atoms with Crippen molar-refractivity contribution in [1.29, 1.82) is 0 Å². The van der Waals surface area contributed by atoms with E-state index in [4.69, 9.17) is 9.26 Å². The molecular formula is C19H18N4O3S. The summed E-state index contributed by atoms with van der Waals surface area (Å²) in [6.45, 7) is 2.35. The molecule has 8 heteroatoms. The van der Waals surface area contributed by atoms with Crippen LogP contribution in [0.25, 0.3) is 16.3 Å². The Hall–Kier alpha value is -3.00. The Morgan fingerprint density at radius 3 is 2.89 bits per heavy atom. The lowest BCUT2D eigenvalue weighted by Gasteiger charge is -2.06. The van der Waals surface area contributed by atoms with Crippen LogP contribution in [0.3, 0.4) is 0 Å². The van der Waals surface area contributed by atoms with Crippen LogP contribution in [0.4, 0.5) is 0 Å². The van der Waals surface area contributed by atoms with E-state index < -0.39 is 0 Å². The number of benzene rings is 1. The van der Waals surface area contributed by atoms with Gasteiger partial charge in [0.05, 0.1) is 5.69 Å². The molecule has 0 fully saturated rings. The highest BCUT2D eigenvalue weighted by atomic mass is 32.1. The van der Waals surface area contributed by atoms with Crippen LogP contribution in [0.1, 0.15) is 31.4 Å². The summed E-state index contributed by atoms with van der Waals surface area (Å²) in [5.41, 5.74) is 1.36. The summed E-state index contributed by atoms with van der Waals surface area (Å²) in [5.74, 6) is 1.92. The Kier molecular flexibility index (Phi) is 4.97. The monoisotopic (exact) mass is 382 g/mol. The Bertz CT molecular complexity index is 1100. The lowest BCUT2D eigenvalue weighted by molar-refractivity contribution is 0.301.